The maximum Gasteiger partial charge on any atom is 0.349 e. The second-order valence-corrected chi connectivity index (χ2v) is 4.49. The highest BCUT2D eigenvalue weighted by molar-refractivity contribution is 6.32. The van der Waals surface area contributed by atoms with Gasteiger partial charge in [0.25, 0.3) is 0 Å². The summed E-state index contributed by atoms with van der Waals surface area (Å²) in [6, 6.07) is 13.5. The van der Waals surface area contributed by atoms with Crippen molar-refractivity contribution in [3.8, 4) is 11.5 Å². The SMILES string of the molecule is O=C(COc1cccc(Cl)c1)Oc1ccccc1Cl. The van der Waals surface area contributed by atoms with Crippen molar-refractivity contribution in [3.05, 3.63) is 58.6 Å². The molecule has 2 rings (SSSR count). The number of hydrogen-bond donors (Lipinski definition) is 0. The van der Waals surface area contributed by atoms with Gasteiger partial charge in [0, 0.05) is 5.02 Å². The highest BCUT2D eigenvalue weighted by atomic mass is 35.5. The van der Waals surface area contributed by atoms with Crippen molar-refractivity contribution in [2.24, 2.45) is 0 Å². The van der Waals surface area contributed by atoms with Crippen LogP contribution >= 0.6 is 23.2 Å². The molecule has 2 aromatic rings. The third-order valence-corrected chi connectivity index (χ3v) is 2.76. The van der Waals surface area contributed by atoms with E-state index < -0.39 is 5.97 Å². The smallest absolute Gasteiger partial charge is 0.349 e. The Kier molecular flexibility index (Phi) is 4.66. The molecule has 0 amide bonds. The van der Waals surface area contributed by atoms with Gasteiger partial charge in [0.05, 0.1) is 5.02 Å². The molecule has 0 aliphatic heterocycles. The zero-order valence-corrected chi connectivity index (χ0v) is 11.3. The molecule has 0 atom stereocenters. The van der Waals surface area contributed by atoms with Crippen molar-refractivity contribution < 1.29 is 14.3 Å². The molecule has 3 nitrogen and oxygen atoms in total. The number of esters is 1. The summed E-state index contributed by atoms with van der Waals surface area (Å²) in [5.74, 6) is 0.278. The lowest BCUT2D eigenvalue weighted by Crippen LogP contribution is -2.17. The van der Waals surface area contributed by atoms with E-state index in [4.69, 9.17) is 32.7 Å². The molecule has 0 aliphatic carbocycles. The van der Waals surface area contributed by atoms with Gasteiger partial charge in [-0.25, -0.2) is 4.79 Å². The maximum absolute atomic E-state index is 11.6. The van der Waals surface area contributed by atoms with Crippen molar-refractivity contribution in [1.82, 2.24) is 0 Å². The minimum absolute atomic E-state index is 0.217. The van der Waals surface area contributed by atoms with Crippen LogP contribution in [0.1, 0.15) is 0 Å². The first-order valence-electron chi connectivity index (χ1n) is 5.49. The monoisotopic (exact) mass is 296 g/mol. The normalized spacial score (nSPS) is 10.0. The van der Waals surface area contributed by atoms with E-state index in [0.717, 1.165) is 0 Å². The number of benzene rings is 2. The van der Waals surface area contributed by atoms with Crippen LogP contribution in [-0.2, 0) is 4.79 Å². The average molecular weight is 297 g/mol. The molecule has 0 fully saturated rings. The van der Waals surface area contributed by atoms with E-state index in [1.807, 2.05) is 0 Å². The highest BCUT2D eigenvalue weighted by Gasteiger charge is 2.08. The highest BCUT2D eigenvalue weighted by Crippen LogP contribution is 2.23. The van der Waals surface area contributed by atoms with Crippen molar-refractivity contribution in [1.29, 1.82) is 0 Å². The number of ether oxygens (including phenoxy) is 2. The fourth-order valence-electron chi connectivity index (χ4n) is 1.38. The molecule has 0 N–H and O–H groups in total. The number of para-hydroxylation sites is 1. The van der Waals surface area contributed by atoms with Gasteiger partial charge in [-0.1, -0.05) is 41.4 Å². The number of halogens is 2. The number of carbonyl (C=O) groups excluding carboxylic acids is 1. The van der Waals surface area contributed by atoms with Crippen LogP contribution in [0.15, 0.2) is 48.5 Å². The summed E-state index contributed by atoms with van der Waals surface area (Å²) in [4.78, 5) is 11.6. The lowest BCUT2D eigenvalue weighted by Gasteiger charge is -2.07. The minimum atomic E-state index is -0.534. The fraction of sp³-hybridized carbons (Fsp3) is 0.0714. The predicted octanol–water partition coefficient (Wildman–Crippen LogP) is 3.98. The van der Waals surface area contributed by atoms with E-state index in [9.17, 15) is 4.79 Å². The van der Waals surface area contributed by atoms with Gasteiger partial charge in [-0.15, -0.1) is 0 Å². The summed E-state index contributed by atoms with van der Waals surface area (Å²) in [7, 11) is 0. The number of hydrogen-bond acceptors (Lipinski definition) is 3. The average Bonchev–Trinajstić information content (AvgIpc) is 2.39. The largest absolute Gasteiger partial charge is 0.482 e. The van der Waals surface area contributed by atoms with Gasteiger partial charge in [-0.3, -0.25) is 0 Å². The van der Waals surface area contributed by atoms with Crippen LogP contribution < -0.4 is 9.47 Å². The van der Waals surface area contributed by atoms with Gasteiger partial charge >= 0.3 is 5.97 Å². The van der Waals surface area contributed by atoms with E-state index in [1.165, 1.54) is 0 Å². The van der Waals surface area contributed by atoms with Gasteiger partial charge in [-0.05, 0) is 30.3 Å². The zero-order chi connectivity index (χ0) is 13.7. The molecule has 2 aromatic carbocycles. The van der Waals surface area contributed by atoms with Crippen LogP contribution in [0.3, 0.4) is 0 Å². The summed E-state index contributed by atoms with van der Waals surface area (Å²) in [6.07, 6.45) is 0. The van der Waals surface area contributed by atoms with Crippen LogP contribution in [0.2, 0.25) is 10.0 Å². The first-order valence-corrected chi connectivity index (χ1v) is 6.24. The Morgan fingerprint density at radius 2 is 1.84 bits per heavy atom. The van der Waals surface area contributed by atoms with Crippen molar-refractivity contribution >= 4 is 29.2 Å². The van der Waals surface area contributed by atoms with E-state index in [0.29, 0.717) is 21.5 Å². The van der Waals surface area contributed by atoms with Crippen LogP contribution in [0.5, 0.6) is 11.5 Å². The Balaban J connectivity index is 1.90. The summed E-state index contributed by atoms with van der Waals surface area (Å²) in [5.41, 5.74) is 0. The Bertz CT molecular complexity index is 584. The Labute approximate surface area is 120 Å². The summed E-state index contributed by atoms with van der Waals surface area (Å²) >= 11 is 11.7. The third kappa shape index (κ3) is 4.16. The summed E-state index contributed by atoms with van der Waals surface area (Å²) in [5, 5.41) is 0.913. The molecule has 0 heterocycles. The van der Waals surface area contributed by atoms with Crippen molar-refractivity contribution in [2.75, 3.05) is 6.61 Å². The molecule has 0 spiro atoms. The second kappa shape index (κ2) is 6.45. The van der Waals surface area contributed by atoms with Crippen molar-refractivity contribution in [2.45, 2.75) is 0 Å². The number of rotatable bonds is 4. The molecular formula is C14H10Cl2O3. The molecule has 0 bridgehead atoms. The van der Waals surface area contributed by atoms with Crippen LogP contribution in [0, 0.1) is 0 Å². The van der Waals surface area contributed by atoms with E-state index >= 15 is 0 Å². The Hall–Kier alpha value is -1.71. The number of carbonyl (C=O) groups is 1. The van der Waals surface area contributed by atoms with Crippen LogP contribution in [0.25, 0.3) is 0 Å². The Morgan fingerprint density at radius 1 is 1.05 bits per heavy atom. The molecular weight excluding hydrogens is 287 g/mol. The molecule has 0 aromatic heterocycles. The van der Waals surface area contributed by atoms with Crippen LogP contribution in [0.4, 0.5) is 0 Å². The molecule has 5 heteroatoms. The third-order valence-electron chi connectivity index (χ3n) is 2.21. The summed E-state index contributed by atoms with van der Waals surface area (Å²) < 4.78 is 10.3. The van der Waals surface area contributed by atoms with Gasteiger partial charge in [0.1, 0.15) is 11.5 Å². The maximum atomic E-state index is 11.6. The first-order chi connectivity index (χ1) is 9.15. The minimum Gasteiger partial charge on any atom is -0.482 e. The standard InChI is InChI=1S/C14H10Cl2O3/c15-10-4-3-5-11(8-10)18-9-14(17)19-13-7-2-1-6-12(13)16/h1-8H,9H2. The lowest BCUT2D eigenvalue weighted by molar-refractivity contribution is -0.136. The van der Waals surface area contributed by atoms with Gasteiger partial charge in [-0.2, -0.15) is 0 Å². The van der Waals surface area contributed by atoms with Crippen molar-refractivity contribution in [3.63, 3.8) is 0 Å². The Morgan fingerprint density at radius 3 is 2.58 bits per heavy atom. The fourth-order valence-corrected chi connectivity index (χ4v) is 1.73. The molecule has 0 aliphatic rings. The molecule has 98 valence electrons. The molecule has 0 unspecified atom stereocenters. The lowest BCUT2D eigenvalue weighted by atomic mass is 10.3. The van der Waals surface area contributed by atoms with Crippen LogP contribution in [-0.4, -0.2) is 12.6 Å². The van der Waals surface area contributed by atoms with Gasteiger partial charge in [0.15, 0.2) is 6.61 Å². The van der Waals surface area contributed by atoms with E-state index in [1.54, 1.807) is 48.5 Å². The molecule has 0 radical (unpaired) electrons. The van der Waals surface area contributed by atoms with Gasteiger partial charge < -0.3 is 9.47 Å². The zero-order valence-electron chi connectivity index (χ0n) is 9.81. The van der Waals surface area contributed by atoms with E-state index in [-0.39, 0.29) is 6.61 Å². The first kappa shape index (κ1) is 13.7. The van der Waals surface area contributed by atoms with Gasteiger partial charge in [0.2, 0.25) is 0 Å². The summed E-state index contributed by atoms with van der Waals surface area (Å²) in [6.45, 7) is -0.217. The van der Waals surface area contributed by atoms with E-state index in [2.05, 4.69) is 0 Å². The predicted molar refractivity (Wildman–Crippen MR) is 74.0 cm³/mol. The molecule has 0 saturated carbocycles. The second-order valence-electron chi connectivity index (χ2n) is 3.65. The topological polar surface area (TPSA) is 35.5 Å². The quantitative estimate of drug-likeness (QED) is 0.632. The molecule has 19 heavy (non-hydrogen) atoms. The molecule has 0 saturated heterocycles.